The van der Waals surface area contributed by atoms with Gasteiger partial charge in [-0.25, -0.2) is 9.37 Å². The molecule has 0 saturated heterocycles. The van der Waals surface area contributed by atoms with Crippen LogP contribution in [0.5, 0.6) is 0 Å². The maximum atomic E-state index is 15.1. The predicted octanol–water partition coefficient (Wildman–Crippen LogP) is 4.57. The van der Waals surface area contributed by atoms with Gasteiger partial charge < -0.3 is 16.8 Å². The van der Waals surface area contributed by atoms with Gasteiger partial charge in [0.2, 0.25) is 0 Å². The third-order valence-corrected chi connectivity index (χ3v) is 6.27. The summed E-state index contributed by atoms with van der Waals surface area (Å²) in [5, 5.41) is 7.75. The number of rotatable bonds is 6. The Morgan fingerprint density at radius 2 is 1.94 bits per heavy atom. The van der Waals surface area contributed by atoms with E-state index in [-0.39, 0.29) is 17.9 Å². The van der Waals surface area contributed by atoms with Crippen LogP contribution in [-0.2, 0) is 7.05 Å². The van der Waals surface area contributed by atoms with E-state index in [4.69, 9.17) is 23.1 Å². The molecule has 1 unspecified atom stereocenters. The number of pyridine rings is 1. The van der Waals surface area contributed by atoms with E-state index in [1.807, 2.05) is 27.0 Å². The van der Waals surface area contributed by atoms with Gasteiger partial charge in [-0.2, -0.15) is 5.10 Å². The first kappa shape index (κ1) is 24.4. The van der Waals surface area contributed by atoms with E-state index in [9.17, 15) is 4.79 Å². The van der Waals surface area contributed by atoms with E-state index in [0.717, 1.165) is 28.1 Å². The number of nitrogens with two attached hydrogens (primary N) is 2. The fourth-order valence-electron chi connectivity index (χ4n) is 4.14. The van der Waals surface area contributed by atoms with E-state index in [1.165, 1.54) is 12.1 Å². The highest BCUT2D eigenvalue weighted by atomic mass is 35.5. The number of nitrogen functional groups attached to an aromatic ring is 1. The molecule has 1 amide bonds. The Labute approximate surface area is 207 Å². The zero-order valence-corrected chi connectivity index (χ0v) is 20.4. The van der Waals surface area contributed by atoms with E-state index < -0.39 is 17.8 Å². The summed E-state index contributed by atoms with van der Waals surface area (Å²) in [6.45, 7) is 4.02. The zero-order valence-electron chi connectivity index (χ0n) is 19.6. The molecule has 4 rings (SSSR count). The van der Waals surface area contributed by atoms with E-state index in [0.29, 0.717) is 16.1 Å². The minimum atomic E-state index is -0.680. The van der Waals surface area contributed by atoms with Crippen LogP contribution in [0.15, 0.2) is 54.7 Å². The van der Waals surface area contributed by atoms with Gasteiger partial charge in [0.25, 0.3) is 5.91 Å². The Balaban J connectivity index is 1.63. The standard InChI is InChI=1S/C26H26ClFN6O/c1-14-24(15(2)34(3)33-14)18-10-21(25(30)31-13-18)16-7-8-20(22(28)11-16)26(35)32-23(12-29)17-5-4-6-19(27)9-17/h4-11,13,23H,12,29H2,1-3H3,(H2,30,31)(H,32,35). The maximum absolute atomic E-state index is 15.1. The van der Waals surface area contributed by atoms with Gasteiger partial charge in [-0.3, -0.25) is 9.48 Å². The van der Waals surface area contributed by atoms with Gasteiger partial charge in [0.05, 0.1) is 17.3 Å². The van der Waals surface area contributed by atoms with Gasteiger partial charge in [-0.05, 0) is 55.3 Å². The van der Waals surface area contributed by atoms with Crippen LogP contribution < -0.4 is 16.8 Å². The van der Waals surface area contributed by atoms with E-state index >= 15 is 4.39 Å². The number of hydrogen-bond donors (Lipinski definition) is 3. The number of nitrogens with one attached hydrogen (secondary N) is 1. The fraction of sp³-hybridized carbons (Fsp3) is 0.192. The van der Waals surface area contributed by atoms with Crippen molar-refractivity contribution in [2.24, 2.45) is 12.8 Å². The maximum Gasteiger partial charge on any atom is 0.254 e. The summed E-state index contributed by atoms with van der Waals surface area (Å²) >= 11 is 6.05. The average Bonchev–Trinajstić information content (AvgIpc) is 3.08. The summed E-state index contributed by atoms with van der Waals surface area (Å²) in [6.07, 6.45) is 1.68. The van der Waals surface area contributed by atoms with Crippen molar-refractivity contribution in [2.75, 3.05) is 12.3 Å². The summed E-state index contributed by atoms with van der Waals surface area (Å²) < 4.78 is 16.9. The van der Waals surface area contributed by atoms with Gasteiger partial charge in [0, 0.05) is 47.2 Å². The number of carbonyl (C=O) groups is 1. The van der Waals surface area contributed by atoms with Crippen molar-refractivity contribution >= 4 is 23.3 Å². The smallest absolute Gasteiger partial charge is 0.254 e. The SMILES string of the molecule is Cc1nn(C)c(C)c1-c1cnc(N)c(-c2ccc(C(=O)NC(CN)c3cccc(Cl)c3)c(F)c2)c1. The first-order valence-electron chi connectivity index (χ1n) is 11.0. The second-order valence-corrected chi connectivity index (χ2v) is 8.77. The molecule has 1 atom stereocenters. The summed E-state index contributed by atoms with van der Waals surface area (Å²) in [7, 11) is 1.87. The lowest BCUT2D eigenvalue weighted by Gasteiger charge is -2.18. The number of benzene rings is 2. The minimum Gasteiger partial charge on any atom is -0.383 e. The number of nitrogens with zero attached hydrogens (tertiary/aromatic N) is 3. The monoisotopic (exact) mass is 492 g/mol. The summed E-state index contributed by atoms with van der Waals surface area (Å²) in [6, 6.07) is 12.7. The molecule has 0 radical (unpaired) electrons. The van der Waals surface area contributed by atoms with Crippen molar-refractivity contribution in [3.05, 3.63) is 88.1 Å². The molecule has 0 aliphatic rings. The number of carbonyl (C=O) groups excluding carboxylic acids is 1. The van der Waals surface area contributed by atoms with Crippen LogP contribution in [0.3, 0.4) is 0 Å². The van der Waals surface area contributed by atoms with E-state index in [1.54, 1.807) is 41.2 Å². The molecule has 0 bridgehead atoms. The third kappa shape index (κ3) is 4.89. The number of aromatic nitrogens is 3. The molecular formula is C26H26ClFN6O. The lowest BCUT2D eigenvalue weighted by molar-refractivity contribution is 0.0934. The largest absolute Gasteiger partial charge is 0.383 e. The molecular weight excluding hydrogens is 467 g/mol. The zero-order chi connectivity index (χ0) is 25.3. The Kier molecular flexibility index (Phi) is 6.86. The molecule has 0 spiro atoms. The fourth-order valence-corrected chi connectivity index (χ4v) is 4.34. The number of hydrogen-bond acceptors (Lipinski definition) is 5. The van der Waals surface area contributed by atoms with Gasteiger partial charge >= 0.3 is 0 Å². The Morgan fingerprint density at radius 3 is 2.57 bits per heavy atom. The molecule has 9 heteroatoms. The second kappa shape index (κ2) is 9.85. The van der Waals surface area contributed by atoms with Crippen LogP contribution in [-0.4, -0.2) is 27.2 Å². The van der Waals surface area contributed by atoms with Gasteiger partial charge in [-0.15, -0.1) is 0 Å². The van der Waals surface area contributed by atoms with Crippen LogP contribution in [0.4, 0.5) is 10.2 Å². The van der Waals surface area contributed by atoms with Crippen LogP contribution in [0.2, 0.25) is 5.02 Å². The van der Waals surface area contributed by atoms with Gasteiger partial charge in [0.15, 0.2) is 0 Å². The molecule has 7 nitrogen and oxygen atoms in total. The molecule has 5 N–H and O–H groups in total. The second-order valence-electron chi connectivity index (χ2n) is 8.34. The van der Waals surface area contributed by atoms with Crippen molar-refractivity contribution in [1.82, 2.24) is 20.1 Å². The molecule has 0 aliphatic heterocycles. The molecule has 0 saturated carbocycles. The van der Waals surface area contributed by atoms with Crippen LogP contribution in [0.1, 0.15) is 33.4 Å². The molecule has 2 heterocycles. The lowest BCUT2D eigenvalue weighted by atomic mass is 9.98. The number of anilines is 1. The van der Waals surface area contributed by atoms with Gasteiger partial charge in [-0.1, -0.05) is 29.8 Å². The molecule has 2 aromatic carbocycles. The molecule has 2 aromatic heterocycles. The van der Waals surface area contributed by atoms with Crippen molar-refractivity contribution in [1.29, 1.82) is 0 Å². The Morgan fingerprint density at radius 1 is 1.17 bits per heavy atom. The topological polar surface area (TPSA) is 112 Å². The van der Waals surface area contributed by atoms with Crippen LogP contribution in [0.25, 0.3) is 22.3 Å². The van der Waals surface area contributed by atoms with Crippen molar-refractivity contribution in [3.63, 3.8) is 0 Å². The summed E-state index contributed by atoms with van der Waals surface area (Å²) in [4.78, 5) is 17.2. The van der Waals surface area contributed by atoms with E-state index in [2.05, 4.69) is 15.4 Å². The highest BCUT2D eigenvalue weighted by Gasteiger charge is 2.20. The summed E-state index contributed by atoms with van der Waals surface area (Å²) in [5.74, 6) is -1.000. The Hall–Kier alpha value is -3.75. The lowest BCUT2D eigenvalue weighted by Crippen LogP contribution is -2.33. The summed E-state index contributed by atoms with van der Waals surface area (Å²) in [5.41, 5.74) is 17.3. The van der Waals surface area contributed by atoms with Crippen molar-refractivity contribution < 1.29 is 9.18 Å². The Bertz CT molecular complexity index is 1420. The first-order valence-corrected chi connectivity index (χ1v) is 11.4. The van der Waals surface area contributed by atoms with Gasteiger partial charge in [0.1, 0.15) is 11.6 Å². The van der Waals surface area contributed by atoms with Crippen molar-refractivity contribution in [2.45, 2.75) is 19.9 Å². The minimum absolute atomic E-state index is 0.101. The first-order chi connectivity index (χ1) is 16.7. The number of halogens is 2. The molecule has 35 heavy (non-hydrogen) atoms. The van der Waals surface area contributed by atoms with Crippen molar-refractivity contribution in [3.8, 4) is 22.3 Å². The number of aryl methyl sites for hydroxylation is 2. The average molecular weight is 493 g/mol. The molecule has 4 aromatic rings. The molecule has 0 aliphatic carbocycles. The quantitative estimate of drug-likeness (QED) is 0.365. The number of amides is 1. The third-order valence-electron chi connectivity index (χ3n) is 6.03. The van der Waals surface area contributed by atoms with Crippen LogP contribution >= 0.6 is 11.6 Å². The highest BCUT2D eigenvalue weighted by molar-refractivity contribution is 6.30. The normalized spacial score (nSPS) is 11.9. The highest BCUT2D eigenvalue weighted by Crippen LogP contribution is 2.33. The molecule has 180 valence electrons. The van der Waals surface area contributed by atoms with Crippen LogP contribution in [0, 0.1) is 19.7 Å². The predicted molar refractivity (Wildman–Crippen MR) is 136 cm³/mol. The molecule has 0 fully saturated rings.